The average molecular weight is 391 g/mol. The molecule has 3 aromatic heterocycles. The highest BCUT2D eigenvalue weighted by Crippen LogP contribution is 2.31. The largest absolute Gasteiger partial charge is 0.288 e. The Morgan fingerprint density at radius 2 is 2.14 bits per heavy atom. The number of hydrogen-bond acceptors (Lipinski definition) is 5. The van der Waals surface area contributed by atoms with E-state index in [1.807, 2.05) is 24.9 Å². The van der Waals surface area contributed by atoms with Gasteiger partial charge in [0.1, 0.15) is 17.7 Å². The predicted octanol–water partition coefficient (Wildman–Crippen LogP) is 2.87. The van der Waals surface area contributed by atoms with Crippen molar-refractivity contribution in [3.63, 3.8) is 0 Å². The normalized spacial score (nSPS) is 15.1. The zero-order valence-electron chi connectivity index (χ0n) is 17.0. The molecule has 0 radical (unpaired) electrons. The molecule has 4 rings (SSSR count). The van der Waals surface area contributed by atoms with Crippen LogP contribution in [0, 0.1) is 0 Å². The van der Waals surface area contributed by atoms with Gasteiger partial charge in [0.15, 0.2) is 5.82 Å². The van der Waals surface area contributed by atoms with E-state index in [4.69, 9.17) is 0 Å². The summed E-state index contributed by atoms with van der Waals surface area (Å²) in [5, 5.41) is 13.4. The number of allylic oxidation sites excluding steroid dienone is 4. The molecule has 1 aliphatic rings. The minimum absolute atomic E-state index is 0.0556. The second kappa shape index (κ2) is 7.98. The maximum atomic E-state index is 12.6. The molecule has 8 heteroatoms. The van der Waals surface area contributed by atoms with E-state index in [0.29, 0.717) is 5.69 Å². The van der Waals surface area contributed by atoms with E-state index in [9.17, 15) is 4.79 Å². The molecular weight excluding hydrogens is 366 g/mol. The Labute approximate surface area is 169 Å². The van der Waals surface area contributed by atoms with Crippen molar-refractivity contribution in [3.05, 3.63) is 70.5 Å². The van der Waals surface area contributed by atoms with E-state index in [2.05, 4.69) is 39.4 Å². The van der Waals surface area contributed by atoms with E-state index in [1.165, 1.54) is 5.57 Å². The first-order valence-electron chi connectivity index (χ1n) is 9.94. The summed E-state index contributed by atoms with van der Waals surface area (Å²) < 4.78 is 5.28. The third kappa shape index (κ3) is 3.96. The van der Waals surface area contributed by atoms with E-state index >= 15 is 0 Å². The number of aromatic nitrogens is 7. The van der Waals surface area contributed by atoms with Crippen LogP contribution in [0.5, 0.6) is 0 Å². The highest BCUT2D eigenvalue weighted by molar-refractivity contribution is 5.71. The van der Waals surface area contributed by atoms with Crippen LogP contribution < -0.4 is 5.43 Å². The summed E-state index contributed by atoms with van der Waals surface area (Å²) in [6.07, 6.45) is 14.1. The third-order valence-electron chi connectivity index (χ3n) is 5.14. The van der Waals surface area contributed by atoms with E-state index in [1.54, 1.807) is 34.2 Å². The molecule has 3 heterocycles. The fraction of sp³-hybridized carbons (Fsp3) is 0.381. The molecule has 0 spiro atoms. The van der Waals surface area contributed by atoms with Gasteiger partial charge in [0.25, 0.3) is 0 Å². The lowest BCUT2D eigenvalue weighted by Gasteiger charge is -2.19. The van der Waals surface area contributed by atoms with Crippen LogP contribution in [0.4, 0.5) is 0 Å². The molecule has 0 aliphatic heterocycles. The van der Waals surface area contributed by atoms with E-state index in [0.717, 1.165) is 42.9 Å². The second-order valence-corrected chi connectivity index (χ2v) is 7.35. The first-order valence-corrected chi connectivity index (χ1v) is 9.94. The third-order valence-corrected chi connectivity index (χ3v) is 5.14. The van der Waals surface area contributed by atoms with Crippen LogP contribution in [0.1, 0.15) is 50.5 Å². The summed E-state index contributed by atoms with van der Waals surface area (Å²) in [5.74, 6) is 0.643. The number of nitrogens with zero attached hydrogens (tertiary/aromatic N) is 7. The Bertz CT molecular complexity index is 1130. The first kappa shape index (κ1) is 19.0. The zero-order chi connectivity index (χ0) is 20.4. The maximum Gasteiger partial charge on any atom is 0.203 e. The molecule has 3 aromatic rings. The second-order valence-electron chi connectivity index (χ2n) is 7.35. The quantitative estimate of drug-likeness (QED) is 0.645. The standard InChI is InChI=1S/C21H25N7O/c1-4-9-27-14-22-21(25-27)17-7-5-6-16(11-17)15(2)20-19(29)8-10-28(24-20)18-12-23-26(3)13-18/h7-8,10-15H,4-6,9H2,1-3H3. The summed E-state index contributed by atoms with van der Waals surface area (Å²) in [7, 11) is 1.85. The van der Waals surface area contributed by atoms with E-state index in [-0.39, 0.29) is 11.3 Å². The summed E-state index contributed by atoms with van der Waals surface area (Å²) in [5.41, 5.74) is 3.48. The Hall–Kier alpha value is -3.29. The molecule has 150 valence electrons. The van der Waals surface area contributed by atoms with Crippen LogP contribution >= 0.6 is 0 Å². The van der Waals surface area contributed by atoms with Gasteiger partial charge in [-0.05, 0) is 19.3 Å². The monoisotopic (exact) mass is 391 g/mol. The summed E-state index contributed by atoms with van der Waals surface area (Å²) in [4.78, 5) is 17.0. The minimum atomic E-state index is -0.0898. The molecule has 0 saturated heterocycles. The maximum absolute atomic E-state index is 12.6. The lowest BCUT2D eigenvalue weighted by molar-refractivity contribution is 0.599. The topological polar surface area (TPSA) is 83.4 Å². The number of aryl methyl sites for hydroxylation is 2. The molecule has 0 fully saturated rings. The van der Waals surface area contributed by atoms with Crippen LogP contribution in [-0.2, 0) is 13.6 Å². The van der Waals surface area contributed by atoms with Gasteiger partial charge in [-0.15, -0.1) is 0 Å². The molecule has 0 bridgehead atoms. The van der Waals surface area contributed by atoms with Crippen LogP contribution in [0.15, 0.2) is 53.5 Å². The van der Waals surface area contributed by atoms with Gasteiger partial charge in [-0.2, -0.15) is 15.3 Å². The number of hydrogen-bond donors (Lipinski definition) is 0. The van der Waals surface area contributed by atoms with Crippen LogP contribution in [0.25, 0.3) is 11.3 Å². The SMILES string of the molecule is CCCn1cnc(C2=CCCC(C(C)c3nn(-c4cnn(C)c4)ccc3=O)=C2)n1. The zero-order valence-corrected chi connectivity index (χ0v) is 17.0. The molecule has 0 aromatic carbocycles. The van der Waals surface area contributed by atoms with Gasteiger partial charge < -0.3 is 0 Å². The van der Waals surface area contributed by atoms with Crippen LogP contribution in [0.3, 0.4) is 0 Å². The molecule has 1 unspecified atom stereocenters. The van der Waals surface area contributed by atoms with Gasteiger partial charge >= 0.3 is 0 Å². The molecule has 0 N–H and O–H groups in total. The van der Waals surface area contributed by atoms with Crippen molar-refractivity contribution in [3.8, 4) is 5.69 Å². The molecule has 0 saturated carbocycles. The van der Waals surface area contributed by atoms with Crippen molar-refractivity contribution in [2.45, 2.75) is 45.6 Å². The molecule has 8 nitrogen and oxygen atoms in total. The molecule has 1 aliphatic carbocycles. The summed E-state index contributed by atoms with van der Waals surface area (Å²) >= 11 is 0. The predicted molar refractivity (Wildman–Crippen MR) is 111 cm³/mol. The van der Waals surface area contributed by atoms with Gasteiger partial charge in [0.05, 0.1) is 12.4 Å². The van der Waals surface area contributed by atoms with Crippen LogP contribution in [0.2, 0.25) is 0 Å². The van der Waals surface area contributed by atoms with Gasteiger partial charge in [-0.1, -0.05) is 31.6 Å². The Balaban J connectivity index is 1.63. The summed E-state index contributed by atoms with van der Waals surface area (Å²) in [6.45, 7) is 5.01. The van der Waals surface area contributed by atoms with Crippen molar-refractivity contribution in [2.24, 2.45) is 7.05 Å². The van der Waals surface area contributed by atoms with E-state index < -0.39 is 0 Å². The van der Waals surface area contributed by atoms with Gasteiger partial charge in [-0.25, -0.2) is 9.67 Å². The lowest BCUT2D eigenvalue weighted by Crippen LogP contribution is -2.19. The van der Waals surface area contributed by atoms with Crippen molar-refractivity contribution in [1.29, 1.82) is 0 Å². The van der Waals surface area contributed by atoms with Gasteiger partial charge in [-0.3, -0.25) is 14.2 Å². The minimum Gasteiger partial charge on any atom is -0.288 e. The van der Waals surface area contributed by atoms with Gasteiger partial charge in [0, 0.05) is 37.3 Å². The fourth-order valence-electron chi connectivity index (χ4n) is 3.55. The molecule has 0 amide bonds. The summed E-state index contributed by atoms with van der Waals surface area (Å²) in [6, 6.07) is 1.57. The van der Waals surface area contributed by atoms with Crippen molar-refractivity contribution in [1.82, 2.24) is 34.3 Å². The lowest BCUT2D eigenvalue weighted by atomic mass is 9.88. The Morgan fingerprint density at radius 1 is 1.28 bits per heavy atom. The van der Waals surface area contributed by atoms with Crippen molar-refractivity contribution >= 4 is 5.57 Å². The molecular formula is C21H25N7O. The Morgan fingerprint density at radius 3 is 2.90 bits per heavy atom. The fourth-order valence-corrected chi connectivity index (χ4v) is 3.55. The Kier molecular flexibility index (Phi) is 5.24. The van der Waals surface area contributed by atoms with Crippen LogP contribution in [-0.4, -0.2) is 34.3 Å². The molecule has 29 heavy (non-hydrogen) atoms. The van der Waals surface area contributed by atoms with Crippen molar-refractivity contribution < 1.29 is 0 Å². The highest BCUT2D eigenvalue weighted by Gasteiger charge is 2.20. The first-order chi connectivity index (χ1) is 14.0. The number of rotatable bonds is 6. The van der Waals surface area contributed by atoms with Crippen molar-refractivity contribution in [2.75, 3.05) is 0 Å². The molecule has 1 atom stereocenters. The smallest absolute Gasteiger partial charge is 0.203 e. The highest BCUT2D eigenvalue weighted by atomic mass is 16.1. The average Bonchev–Trinajstić information content (AvgIpc) is 3.37. The van der Waals surface area contributed by atoms with Gasteiger partial charge in [0.2, 0.25) is 5.43 Å².